The summed E-state index contributed by atoms with van der Waals surface area (Å²) < 4.78 is 44.5. The third kappa shape index (κ3) is 4.67. The molecule has 10 heteroatoms. The Bertz CT molecular complexity index is 874. The molecule has 1 aliphatic heterocycles. The lowest BCUT2D eigenvalue weighted by Gasteiger charge is -2.45. The molecule has 29 heavy (non-hydrogen) atoms. The number of alkyl halides is 3. The fourth-order valence-corrected chi connectivity index (χ4v) is 3.13. The van der Waals surface area contributed by atoms with Gasteiger partial charge in [0.1, 0.15) is 12.1 Å². The highest BCUT2D eigenvalue weighted by molar-refractivity contribution is 6.08. The van der Waals surface area contributed by atoms with Crippen LogP contribution in [0.25, 0.3) is 0 Å². The summed E-state index contributed by atoms with van der Waals surface area (Å²) in [6.07, 6.45) is -4.46. The molecule has 0 saturated carbocycles. The number of esters is 1. The molecule has 0 spiro atoms. The van der Waals surface area contributed by atoms with Crippen LogP contribution in [0, 0.1) is 11.3 Å². The number of benzene rings is 1. The standard InChI is InChI=1S/C19H20F3N3O4/c1-12(26)29-8-4-7-25-16(27)11-24(17(28)18(25,2)3)14-6-5-13(10-23)15(9-14)19(20,21)22/h5-6,9H,4,7-8,11H2,1-3H3. The van der Waals surface area contributed by atoms with E-state index in [1.54, 1.807) is 0 Å². The van der Waals surface area contributed by atoms with Crippen LogP contribution in [-0.2, 0) is 25.3 Å². The fraction of sp³-hybridized carbons (Fsp3) is 0.474. The highest BCUT2D eigenvalue weighted by Gasteiger charge is 2.46. The van der Waals surface area contributed by atoms with E-state index in [1.165, 1.54) is 37.8 Å². The predicted octanol–water partition coefficient (Wildman–Crippen LogP) is 2.48. The Labute approximate surface area is 165 Å². The molecule has 1 aromatic rings. The molecule has 0 aromatic heterocycles. The second-order valence-electron chi connectivity index (χ2n) is 7.03. The highest BCUT2D eigenvalue weighted by atomic mass is 19.4. The molecule has 0 unspecified atom stereocenters. The zero-order valence-electron chi connectivity index (χ0n) is 16.2. The number of rotatable bonds is 5. The lowest BCUT2D eigenvalue weighted by molar-refractivity contribution is -0.149. The number of nitrogens with zero attached hydrogens (tertiary/aromatic N) is 3. The van der Waals surface area contributed by atoms with Crippen molar-refractivity contribution in [1.82, 2.24) is 4.90 Å². The normalized spacial score (nSPS) is 16.6. The maximum Gasteiger partial charge on any atom is 0.417 e. The monoisotopic (exact) mass is 411 g/mol. The van der Waals surface area contributed by atoms with E-state index in [0.29, 0.717) is 12.5 Å². The number of carbonyl (C=O) groups is 3. The highest BCUT2D eigenvalue weighted by Crippen LogP contribution is 2.36. The van der Waals surface area contributed by atoms with Crippen molar-refractivity contribution in [3.8, 4) is 6.07 Å². The maximum atomic E-state index is 13.2. The molecular weight excluding hydrogens is 391 g/mol. The second kappa shape index (κ2) is 8.11. The van der Waals surface area contributed by atoms with Crippen LogP contribution in [-0.4, -0.2) is 47.9 Å². The molecular formula is C19H20F3N3O4. The summed E-state index contributed by atoms with van der Waals surface area (Å²) in [6.45, 7) is 4.06. The fourth-order valence-electron chi connectivity index (χ4n) is 3.13. The minimum atomic E-state index is -4.78. The van der Waals surface area contributed by atoms with Gasteiger partial charge in [0.15, 0.2) is 0 Å². The van der Waals surface area contributed by atoms with E-state index in [1.807, 2.05) is 0 Å². The van der Waals surface area contributed by atoms with Gasteiger partial charge in [0.05, 0.1) is 23.8 Å². The summed E-state index contributed by atoms with van der Waals surface area (Å²) >= 11 is 0. The topological polar surface area (TPSA) is 90.7 Å². The van der Waals surface area contributed by atoms with Crippen molar-refractivity contribution in [2.75, 3.05) is 24.6 Å². The molecule has 0 bridgehead atoms. The van der Waals surface area contributed by atoms with Crippen molar-refractivity contribution < 1.29 is 32.3 Å². The lowest BCUT2D eigenvalue weighted by Crippen LogP contribution is -2.66. The number of halogens is 3. The molecule has 156 valence electrons. The molecule has 1 fully saturated rings. The minimum Gasteiger partial charge on any atom is -0.466 e. The van der Waals surface area contributed by atoms with Crippen LogP contribution in [0.5, 0.6) is 0 Å². The molecule has 0 aliphatic carbocycles. The molecule has 2 amide bonds. The van der Waals surface area contributed by atoms with Crippen molar-refractivity contribution in [3.63, 3.8) is 0 Å². The number of nitriles is 1. The molecule has 1 saturated heterocycles. The lowest BCUT2D eigenvalue weighted by atomic mass is 9.95. The summed E-state index contributed by atoms with van der Waals surface area (Å²) in [5, 5.41) is 8.91. The number of amides is 2. The molecule has 0 atom stereocenters. The molecule has 1 aliphatic rings. The average Bonchev–Trinajstić information content (AvgIpc) is 2.62. The Morgan fingerprint density at radius 2 is 1.97 bits per heavy atom. The Balaban J connectivity index is 2.28. The van der Waals surface area contributed by atoms with Gasteiger partial charge in [-0.15, -0.1) is 0 Å². The third-order valence-corrected chi connectivity index (χ3v) is 4.61. The number of piperazine rings is 1. The van der Waals surface area contributed by atoms with Gasteiger partial charge < -0.3 is 14.5 Å². The van der Waals surface area contributed by atoms with Crippen LogP contribution in [0.15, 0.2) is 18.2 Å². The van der Waals surface area contributed by atoms with Gasteiger partial charge in [-0.3, -0.25) is 14.4 Å². The van der Waals surface area contributed by atoms with Gasteiger partial charge in [-0.1, -0.05) is 0 Å². The summed E-state index contributed by atoms with van der Waals surface area (Å²) in [4.78, 5) is 38.7. The van der Waals surface area contributed by atoms with Gasteiger partial charge in [-0.05, 0) is 38.5 Å². The largest absolute Gasteiger partial charge is 0.466 e. The van der Waals surface area contributed by atoms with E-state index in [2.05, 4.69) is 0 Å². The summed E-state index contributed by atoms with van der Waals surface area (Å²) in [5.41, 5.74) is -3.15. The van der Waals surface area contributed by atoms with E-state index in [0.717, 1.165) is 11.0 Å². The average molecular weight is 411 g/mol. The van der Waals surface area contributed by atoms with Gasteiger partial charge in [0.25, 0.3) is 5.91 Å². The van der Waals surface area contributed by atoms with E-state index >= 15 is 0 Å². The second-order valence-corrected chi connectivity index (χ2v) is 7.03. The van der Waals surface area contributed by atoms with Crippen LogP contribution < -0.4 is 4.90 Å². The number of anilines is 1. The van der Waals surface area contributed by atoms with Crippen molar-refractivity contribution in [2.45, 2.75) is 38.9 Å². The summed E-state index contributed by atoms with van der Waals surface area (Å²) in [7, 11) is 0. The quantitative estimate of drug-likeness (QED) is 0.549. The van der Waals surface area contributed by atoms with Crippen molar-refractivity contribution in [3.05, 3.63) is 29.3 Å². The van der Waals surface area contributed by atoms with Crippen LogP contribution in [0.1, 0.15) is 38.3 Å². The smallest absolute Gasteiger partial charge is 0.417 e. The number of hydrogen-bond donors (Lipinski definition) is 0. The maximum absolute atomic E-state index is 13.2. The van der Waals surface area contributed by atoms with Gasteiger partial charge >= 0.3 is 12.1 Å². The van der Waals surface area contributed by atoms with E-state index in [-0.39, 0.29) is 18.8 Å². The van der Waals surface area contributed by atoms with E-state index in [9.17, 15) is 27.6 Å². The first-order valence-electron chi connectivity index (χ1n) is 8.76. The van der Waals surface area contributed by atoms with Gasteiger partial charge in [-0.2, -0.15) is 18.4 Å². The summed E-state index contributed by atoms with van der Waals surface area (Å²) in [6, 6.07) is 4.38. The third-order valence-electron chi connectivity index (χ3n) is 4.61. The van der Waals surface area contributed by atoms with Crippen LogP contribution in [0.2, 0.25) is 0 Å². The molecule has 1 heterocycles. The Morgan fingerprint density at radius 3 is 2.52 bits per heavy atom. The van der Waals surface area contributed by atoms with Crippen LogP contribution in [0.3, 0.4) is 0 Å². The summed E-state index contributed by atoms with van der Waals surface area (Å²) in [5.74, 6) is -1.46. The number of ether oxygens (including phenoxy) is 1. The van der Waals surface area contributed by atoms with Gasteiger partial charge in [0, 0.05) is 19.2 Å². The number of carbonyl (C=O) groups excluding carboxylic acids is 3. The molecule has 0 N–H and O–H groups in total. The van der Waals surface area contributed by atoms with E-state index < -0.39 is 47.2 Å². The Kier molecular flexibility index (Phi) is 6.21. The van der Waals surface area contributed by atoms with Crippen LogP contribution in [0.4, 0.5) is 18.9 Å². The first-order valence-corrected chi connectivity index (χ1v) is 8.76. The first-order chi connectivity index (χ1) is 13.4. The SMILES string of the molecule is CC(=O)OCCCN1C(=O)CN(c2ccc(C#N)c(C(F)(F)F)c2)C(=O)C1(C)C. The van der Waals surface area contributed by atoms with Crippen molar-refractivity contribution in [2.24, 2.45) is 0 Å². The molecule has 2 rings (SSSR count). The Morgan fingerprint density at radius 1 is 1.31 bits per heavy atom. The minimum absolute atomic E-state index is 0.0810. The first kappa shape index (κ1) is 22.2. The van der Waals surface area contributed by atoms with Crippen molar-refractivity contribution >= 4 is 23.5 Å². The van der Waals surface area contributed by atoms with Crippen LogP contribution >= 0.6 is 0 Å². The number of hydrogen-bond acceptors (Lipinski definition) is 5. The van der Waals surface area contributed by atoms with Gasteiger partial charge in [-0.25, -0.2) is 0 Å². The zero-order valence-corrected chi connectivity index (χ0v) is 16.2. The van der Waals surface area contributed by atoms with Crippen molar-refractivity contribution in [1.29, 1.82) is 5.26 Å². The zero-order chi connectivity index (χ0) is 22.0. The predicted molar refractivity (Wildman–Crippen MR) is 95.6 cm³/mol. The van der Waals surface area contributed by atoms with E-state index in [4.69, 9.17) is 10.00 Å². The molecule has 0 radical (unpaired) electrons. The molecule has 7 nitrogen and oxygen atoms in total. The Hall–Kier alpha value is -3.09. The molecule has 1 aromatic carbocycles. The van der Waals surface area contributed by atoms with Gasteiger partial charge in [0.2, 0.25) is 5.91 Å².